The summed E-state index contributed by atoms with van der Waals surface area (Å²) in [5, 5.41) is 0.845. The molecule has 0 saturated heterocycles. The molecule has 9 heteroatoms. The van der Waals surface area contributed by atoms with Crippen molar-refractivity contribution in [1.82, 2.24) is 4.98 Å². The average molecular weight is 544 g/mol. The second-order valence-electron chi connectivity index (χ2n) is 6.44. The molecule has 0 fully saturated rings. The number of unbranched alkanes of at least 4 members (excludes halogenated alkanes) is 1. The number of nitrogens with one attached hydrogen (secondary N) is 1. The molecule has 3 rings (SSSR count). The molecule has 1 aromatic heterocycles. The number of sulfonamides is 1. The highest BCUT2D eigenvalue weighted by molar-refractivity contribution is 9.11. The van der Waals surface area contributed by atoms with E-state index in [1.165, 1.54) is 12.1 Å². The first-order valence-electron chi connectivity index (χ1n) is 9.03. The van der Waals surface area contributed by atoms with Crippen LogP contribution in [-0.4, -0.2) is 32.5 Å². The van der Waals surface area contributed by atoms with Crippen LogP contribution in [0.3, 0.4) is 0 Å². The van der Waals surface area contributed by atoms with E-state index < -0.39 is 22.5 Å². The number of aromatic amines is 1. The molecule has 0 bridgehead atoms. The maximum absolute atomic E-state index is 13.4. The van der Waals surface area contributed by atoms with Crippen molar-refractivity contribution in [1.29, 1.82) is 0 Å². The number of halogens is 2. The first kappa shape index (κ1) is 21.9. The number of H-pyrrole nitrogens is 1. The van der Waals surface area contributed by atoms with Crippen molar-refractivity contribution in [3.63, 3.8) is 0 Å². The van der Waals surface area contributed by atoms with Crippen molar-refractivity contribution in [3.05, 3.63) is 57.6 Å². The van der Waals surface area contributed by atoms with Crippen molar-refractivity contribution in [3.8, 4) is 0 Å². The van der Waals surface area contributed by atoms with E-state index in [1.807, 2.05) is 13.0 Å². The first-order valence-corrected chi connectivity index (χ1v) is 12.1. The largest absolute Gasteiger partial charge is 0.464 e. The van der Waals surface area contributed by atoms with E-state index in [2.05, 4.69) is 36.8 Å². The molecule has 0 radical (unpaired) electrons. The van der Waals surface area contributed by atoms with Gasteiger partial charge in [-0.25, -0.2) is 8.42 Å². The predicted molar refractivity (Wildman–Crippen MR) is 121 cm³/mol. The van der Waals surface area contributed by atoms with Crippen molar-refractivity contribution in [2.45, 2.75) is 24.7 Å². The molecule has 1 heterocycles. The van der Waals surface area contributed by atoms with Crippen LogP contribution in [-0.2, 0) is 19.6 Å². The topological polar surface area (TPSA) is 79.5 Å². The number of esters is 1. The van der Waals surface area contributed by atoms with Crippen molar-refractivity contribution >= 4 is 64.4 Å². The summed E-state index contributed by atoms with van der Waals surface area (Å²) in [7, 11) is -4.01. The Labute approximate surface area is 186 Å². The standard InChI is InChI=1S/C20H20Br2N2O4S/c1-2-3-8-28-20(25)13-24(17-4-5-19-14(9-17)6-7-23-19)29(26,27)18-11-15(21)10-16(22)12-18/h4-7,9-12,23H,2-3,8,13H2,1H3. The minimum absolute atomic E-state index is 0.0641. The summed E-state index contributed by atoms with van der Waals surface area (Å²) in [6, 6.07) is 11.8. The van der Waals surface area contributed by atoms with Crippen LogP contribution in [0.25, 0.3) is 10.9 Å². The van der Waals surface area contributed by atoms with Crippen molar-refractivity contribution in [2.75, 3.05) is 17.5 Å². The fraction of sp³-hybridized carbons (Fsp3) is 0.250. The van der Waals surface area contributed by atoms with Crippen LogP contribution in [0.15, 0.2) is 62.5 Å². The lowest BCUT2D eigenvalue weighted by molar-refractivity contribution is -0.141. The Bertz CT molecular complexity index is 1110. The number of rotatable bonds is 8. The normalized spacial score (nSPS) is 11.6. The zero-order chi connectivity index (χ0) is 21.0. The predicted octanol–water partition coefficient (Wildman–Crippen LogP) is 5.23. The van der Waals surface area contributed by atoms with Crippen molar-refractivity contribution in [2.24, 2.45) is 0 Å². The van der Waals surface area contributed by atoms with Crippen LogP contribution in [0.2, 0.25) is 0 Å². The monoisotopic (exact) mass is 542 g/mol. The lowest BCUT2D eigenvalue weighted by Gasteiger charge is -2.24. The molecule has 3 aromatic rings. The Balaban J connectivity index is 2.02. The second kappa shape index (κ2) is 9.32. The molecule has 0 aliphatic heterocycles. The molecule has 0 aliphatic rings. The molecule has 29 heavy (non-hydrogen) atoms. The number of carbonyl (C=O) groups excluding carboxylic acids is 1. The number of ether oxygens (including phenoxy) is 1. The number of fused-ring (bicyclic) bond motifs is 1. The third kappa shape index (κ3) is 5.21. The van der Waals surface area contributed by atoms with Crippen LogP contribution in [0.5, 0.6) is 0 Å². The lowest BCUT2D eigenvalue weighted by atomic mass is 10.2. The Kier molecular flexibility index (Phi) is 7.02. The van der Waals surface area contributed by atoms with Gasteiger partial charge < -0.3 is 9.72 Å². The van der Waals surface area contributed by atoms with Crippen LogP contribution in [0, 0.1) is 0 Å². The number of aromatic nitrogens is 1. The zero-order valence-electron chi connectivity index (χ0n) is 15.7. The summed E-state index contributed by atoms with van der Waals surface area (Å²) in [6.07, 6.45) is 3.38. The van der Waals surface area contributed by atoms with Gasteiger partial charge in [-0.05, 0) is 48.9 Å². The number of benzene rings is 2. The fourth-order valence-corrected chi connectivity index (χ4v) is 5.88. The summed E-state index contributed by atoms with van der Waals surface area (Å²) in [4.78, 5) is 15.5. The summed E-state index contributed by atoms with van der Waals surface area (Å²) in [6.45, 7) is 1.84. The number of nitrogens with zero attached hydrogens (tertiary/aromatic N) is 1. The third-order valence-electron chi connectivity index (χ3n) is 4.28. The molecule has 0 unspecified atom stereocenters. The van der Waals surface area contributed by atoms with E-state index in [4.69, 9.17) is 4.74 Å². The Morgan fingerprint density at radius 3 is 2.52 bits per heavy atom. The zero-order valence-corrected chi connectivity index (χ0v) is 19.7. The van der Waals surface area contributed by atoms with Gasteiger partial charge in [0, 0.05) is 26.0 Å². The summed E-state index contributed by atoms with van der Waals surface area (Å²) in [5.41, 5.74) is 1.27. The number of hydrogen-bond donors (Lipinski definition) is 1. The Hall–Kier alpha value is -1.84. The Morgan fingerprint density at radius 1 is 1.10 bits per heavy atom. The maximum atomic E-state index is 13.4. The highest BCUT2D eigenvalue weighted by atomic mass is 79.9. The van der Waals surface area contributed by atoms with Crippen LogP contribution in [0.1, 0.15) is 19.8 Å². The van der Waals surface area contributed by atoms with Crippen LogP contribution in [0.4, 0.5) is 5.69 Å². The average Bonchev–Trinajstić information content (AvgIpc) is 3.13. The van der Waals surface area contributed by atoms with Gasteiger partial charge in [-0.2, -0.15) is 0 Å². The van der Waals surface area contributed by atoms with Gasteiger partial charge in [0.25, 0.3) is 10.0 Å². The van der Waals surface area contributed by atoms with Gasteiger partial charge in [-0.3, -0.25) is 9.10 Å². The van der Waals surface area contributed by atoms with E-state index in [0.717, 1.165) is 28.0 Å². The highest BCUT2D eigenvalue weighted by Crippen LogP contribution is 2.30. The van der Waals surface area contributed by atoms with E-state index >= 15 is 0 Å². The minimum Gasteiger partial charge on any atom is -0.464 e. The van der Waals surface area contributed by atoms with Gasteiger partial charge in [0.1, 0.15) is 6.54 Å². The molecular weight excluding hydrogens is 524 g/mol. The molecule has 0 spiro atoms. The lowest BCUT2D eigenvalue weighted by Crippen LogP contribution is -2.36. The molecule has 1 N–H and O–H groups in total. The molecule has 6 nitrogen and oxygen atoms in total. The van der Waals surface area contributed by atoms with Gasteiger partial charge in [-0.15, -0.1) is 0 Å². The number of anilines is 1. The van der Waals surface area contributed by atoms with Gasteiger partial charge in [0.05, 0.1) is 17.2 Å². The molecule has 0 aliphatic carbocycles. The van der Waals surface area contributed by atoms with Gasteiger partial charge >= 0.3 is 5.97 Å². The summed E-state index contributed by atoms with van der Waals surface area (Å²) in [5.74, 6) is -0.592. The van der Waals surface area contributed by atoms with E-state index in [0.29, 0.717) is 14.6 Å². The quantitative estimate of drug-likeness (QED) is 0.311. The fourth-order valence-electron chi connectivity index (χ4n) is 2.81. The Morgan fingerprint density at radius 2 is 1.83 bits per heavy atom. The van der Waals surface area contributed by atoms with E-state index in [9.17, 15) is 13.2 Å². The summed E-state index contributed by atoms with van der Waals surface area (Å²) >= 11 is 6.64. The molecule has 2 aromatic carbocycles. The minimum atomic E-state index is -4.01. The molecular formula is C20H20Br2N2O4S. The molecule has 0 saturated carbocycles. The second-order valence-corrected chi connectivity index (χ2v) is 10.1. The smallest absolute Gasteiger partial charge is 0.326 e. The van der Waals surface area contributed by atoms with Gasteiger partial charge in [0.15, 0.2) is 0 Å². The molecule has 0 amide bonds. The summed E-state index contributed by atoms with van der Waals surface area (Å²) < 4.78 is 34.4. The molecule has 154 valence electrons. The number of carbonyl (C=O) groups is 1. The highest BCUT2D eigenvalue weighted by Gasteiger charge is 2.28. The maximum Gasteiger partial charge on any atom is 0.326 e. The van der Waals surface area contributed by atoms with Gasteiger partial charge in [0.2, 0.25) is 0 Å². The van der Waals surface area contributed by atoms with Crippen LogP contribution < -0.4 is 4.31 Å². The molecule has 0 atom stereocenters. The van der Waals surface area contributed by atoms with E-state index in [1.54, 1.807) is 30.5 Å². The third-order valence-corrected chi connectivity index (χ3v) is 6.95. The van der Waals surface area contributed by atoms with Crippen LogP contribution >= 0.6 is 31.9 Å². The SMILES string of the molecule is CCCCOC(=O)CN(c1ccc2[nH]ccc2c1)S(=O)(=O)c1cc(Br)cc(Br)c1. The number of hydrogen-bond acceptors (Lipinski definition) is 4. The van der Waals surface area contributed by atoms with Crippen molar-refractivity contribution < 1.29 is 17.9 Å². The van der Waals surface area contributed by atoms with E-state index in [-0.39, 0.29) is 11.5 Å². The van der Waals surface area contributed by atoms with Gasteiger partial charge in [-0.1, -0.05) is 45.2 Å². The first-order chi connectivity index (χ1) is 13.8.